The summed E-state index contributed by atoms with van der Waals surface area (Å²) in [6.07, 6.45) is 1.56. The fraction of sp³-hybridized carbons (Fsp3) is 0.379. The van der Waals surface area contributed by atoms with E-state index in [1.54, 1.807) is 26.0 Å². The van der Waals surface area contributed by atoms with Crippen molar-refractivity contribution in [1.29, 1.82) is 5.41 Å². The summed E-state index contributed by atoms with van der Waals surface area (Å²) >= 11 is 0. The molecular weight excluding hydrogens is 549 g/mol. The van der Waals surface area contributed by atoms with Crippen LogP contribution in [0.5, 0.6) is 5.88 Å². The van der Waals surface area contributed by atoms with Crippen LogP contribution >= 0.6 is 0 Å². The van der Waals surface area contributed by atoms with Crippen LogP contribution in [0.15, 0.2) is 43.0 Å². The maximum atomic E-state index is 13.2. The minimum absolute atomic E-state index is 0.0782. The quantitative estimate of drug-likeness (QED) is 0.161. The Hall–Kier alpha value is -4.55. The van der Waals surface area contributed by atoms with E-state index in [2.05, 4.69) is 25.3 Å². The SMILES string of the molecule is CCOC(=N)c1cnc(-c2c(OCC)ncnc2C2CC2)nc1NCc1ccc(-c2nc(C(F)(F)F)cn2CC)cc1. The minimum Gasteiger partial charge on any atom is -0.478 e. The van der Waals surface area contributed by atoms with Crippen molar-refractivity contribution >= 4 is 11.7 Å². The number of anilines is 1. The monoisotopic (exact) mass is 580 g/mol. The normalized spacial score (nSPS) is 13.2. The van der Waals surface area contributed by atoms with Gasteiger partial charge in [-0.3, -0.25) is 5.41 Å². The molecule has 0 radical (unpaired) electrons. The molecule has 1 aliphatic carbocycles. The highest BCUT2D eigenvalue weighted by atomic mass is 19.4. The summed E-state index contributed by atoms with van der Waals surface area (Å²) in [4.78, 5) is 22.0. The number of nitrogens with zero attached hydrogens (tertiary/aromatic N) is 6. The fourth-order valence-electron chi connectivity index (χ4n) is 4.51. The summed E-state index contributed by atoms with van der Waals surface area (Å²) in [5.41, 5.74) is 2.34. The van der Waals surface area contributed by atoms with E-state index in [9.17, 15) is 13.2 Å². The smallest absolute Gasteiger partial charge is 0.434 e. The maximum absolute atomic E-state index is 13.2. The first-order valence-electron chi connectivity index (χ1n) is 13.8. The highest BCUT2D eigenvalue weighted by Crippen LogP contribution is 2.45. The van der Waals surface area contributed by atoms with E-state index in [1.807, 2.05) is 19.1 Å². The number of hydrogen-bond acceptors (Lipinski definition) is 9. The van der Waals surface area contributed by atoms with E-state index in [0.29, 0.717) is 60.5 Å². The van der Waals surface area contributed by atoms with Gasteiger partial charge in [0.15, 0.2) is 11.5 Å². The zero-order valence-electron chi connectivity index (χ0n) is 23.5. The summed E-state index contributed by atoms with van der Waals surface area (Å²) in [5, 5.41) is 11.7. The number of rotatable bonds is 11. The van der Waals surface area contributed by atoms with Crippen molar-refractivity contribution in [1.82, 2.24) is 29.5 Å². The molecule has 13 heteroatoms. The number of nitrogens with one attached hydrogen (secondary N) is 2. The van der Waals surface area contributed by atoms with Crippen molar-refractivity contribution in [2.45, 2.75) is 58.8 Å². The molecule has 1 fully saturated rings. The van der Waals surface area contributed by atoms with Gasteiger partial charge in [-0.05, 0) is 39.2 Å². The molecule has 0 atom stereocenters. The Morgan fingerprint density at radius 3 is 2.45 bits per heavy atom. The first-order valence-corrected chi connectivity index (χ1v) is 13.8. The molecule has 4 aromatic rings. The molecule has 3 aromatic heterocycles. The lowest BCUT2D eigenvalue weighted by atomic mass is 10.1. The van der Waals surface area contributed by atoms with Crippen molar-refractivity contribution in [3.05, 3.63) is 65.5 Å². The van der Waals surface area contributed by atoms with Gasteiger partial charge in [-0.1, -0.05) is 24.3 Å². The van der Waals surface area contributed by atoms with E-state index < -0.39 is 11.9 Å². The van der Waals surface area contributed by atoms with Gasteiger partial charge in [0.25, 0.3) is 0 Å². The second-order valence-electron chi connectivity index (χ2n) is 9.65. The topological polar surface area (TPSA) is 124 Å². The Labute approximate surface area is 240 Å². The molecule has 5 rings (SSSR count). The van der Waals surface area contributed by atoms with Gasteiger partial charge >= 0.3 is 6.18 Å². The standard InChI is InChI=1S/C29H31F3N8O2/c1-4-40-15-21(29(30,31)32)38-27(40)19-9-7-17(8-10-19)13-34-25-20(24(33)41-5-2)14-35-26(39-25)22-23(18-11-12-18)36-16-37-28(22)42-6-3/h7-10,14-16,18,33H,4-6,11-13H2,1-3H3,(H,34,35,39). The molecule has 2 N–H and O–H groups in total. The maximum Gasteiger partial charge on any atom is 0.434 e. The number of alkyl halides is 3. The summed E-state index contributed by atoms with van der Waals surface area (Å²) < 4.78 is 52.4. The molecule has 1 aromatic carbocycles. The van der Waals surface area contributed by atoms with E-state index in [0.717, 1.165) is 30.3 Å². The van der Waals surface area contributed by atoms with Gasteiger partial charge in [-0.15, -0.1) is 0 Å². The first kappa shape index (κ1) is 29.0. The second kappa shape index (κ2) is 12.1. The third-order valence-corrected chi connectivity index (χ3v) is 6.71. The van der Waals surface area contributed by atoms with Gasteiger partial charge in [0, 0.05) is 37.0 Å². The fourth-order valence-corrected chi connectivity index (χ4v) is 4.51. The Balaban J connectivity index is 1.44. The number of benzene rings is 1. The summed E-state index contributed by atoms with van der Waals surface area (Å²) in [7, 11) is 0. The van der Waals surface area contributed by atoms with Gasteiger partial charge in [-0.25, -0.2) is 24.9 Å². The van der Waals surface area contributed by atoms with Gasteiger partial charge in [0.1, 0.15) is 23.5 Å². The van der Waals surface area contributed by atoms with Gasteiger partial charge in [-0.2, -0.15) is 13.2 Å². The van der Waals surface area contributed by atoms with Crippen molar-refractivity contribution in [3.63, 3.8) is 0 Å². The molecule has 220 valence electrons. The number of aryl methyl sites for hydroxylation is 1. The van der Waals surface area contributed by atoms with E-state index in [4.69, 9.17) is 19.9 Å². The summed E-state index contributed by atoms with van der Waals surface area (Å²) in [6.45, 7) is 6.82. The van der Waals surface area contributed by atoms with E-state index in [1.165, 1.54) is 17.1 Å². The van der Waals surface area contributed by atoms with Crippen LogP contribution in [0.2, 0.25) is 0 Å². The summed E-state index contributed by atoms with van der Waals surface area (Å²) in [5.74, 6) is 1.62. The zero-order chi connectivity index (χ0) is 29.9. The van der Waals surface area contributed by atoms with E-state index >= 15 is 0 Å². The van der Waals surface area contributed by atoms with Crippen molar-refractivity contribution in [2.24, 2.45) is 0 Å². The molecule has 0 amide bonds. The molecule has 0 spiro atoms. The number of imidazole rings is 1. The zero-order valence-corrected chi connectivity index (χ0v) is 23.5. The van der Waals surface area contributed by atoms with Crippen LogP contribution in [0.3, 0.4) is 0 Å². The Morgan fingerprint density at radius 2 is 1.81 bits per heavy atom. The molecule has 3 heterocycles. The molecule has 0 bridgehead atoms. The van der Waals surface area contributed by atoms with Gasteiger partial charge in [0.05, 0.1) is 24.5 Å². The number of halogens is 3. The van der Waals surface area contributed by atoms with Gasteiger partial charge < -0.3 is 19.4 Å². The van der Waals surface area contributed by atoms with Crippen LogP contribution in [0.25, 0.3) is 22.8 Å². The number of aromatic nitrogens is 6. The number of hydrogen-bond donors (Lipinski definition) is 2. The van der Waals surface area contributed by atoms with Crippen LogP contribution in [0.4, 0.5) is 19.0 Å². The minimum atomic E-state index is -4.52. The third-order valence-electron chi connectivity index (χ3n) is 6.71. The first-order chi connectivity index (χ1) is 20.2. The lowest BCUT2D eigenvalue weighted by Gasteiger charge is -2.16. The Kier molecular flexibility index (Phi) is 8.36. The predicted molar refractivity (Wildman–Crippen MR) is 150 cm³/mol. The molecular formula is C29H31F3N8O2. The second-order valence-corrected chi connectivity index (χ2v) is 9.65. The van der Waals surface area contributed by atoms with Crippen LogP contribution < -0.4 is 10.1 Å². The molecule has 0 unspecified atom stereocenters. The van der Waals surface area contributed by atoms with Gasteiger partial charge in [0.2, 0.25) is 11.8 Å². The van der Waals surface area contributed by atoms with Crippen LogP contribution in [0, 0.1) is 5.41 Å². The van der Waals surface area contributed by atoms with Crippen molar-refractivity contribution in [2.75, 3.05) is 18.5 Å². The number of ether oxygens (including phenoxy) is 2. The molecule has 0 aliphatic heterocycles. The largest absolute Gasteiger partial charge is 0.478 e. The lowest BCUT2D eigenvalue weighted by Crippen LogP contribution is -2.13. The molecule has 42 heavy (non-hydrogen) atoms. The highest BCUT2D eigenvalue weighted by molar-refractivity contribution is 5.96. The molecule has 1 aliphatic rings. The predicted octanol–water partition coefficient (Wildman–Crippen LogP) is 6.09. The van der Waals surface area contributed by atoms with Crippen LogP contribution in [0.1, 0.15) is 62.0 Å². The average Bonchev–Trinajstić information content (AvgIpc) is 3.73. The molecule has 10 nitrogen and oxygen atoms in total. The third kappa shape index (κ3) is 6.19. The van der Waals surface area contributed by atoms with Crippen molar-refractivity contribution < 1.29 is 22.6 Å². The Bertz CT molecular complexity index is 1570. The molecule has 1 saturated carbocycles. The van der Waals surface area contributed by atoms with Crippen LogP contribution in [-0.4, -0.2) is 48.6 Å². The highest BCUT2D eigenvalue weighted by Gasteiger charge is 2.35. The lowest BCUT2D eigenvalue weighted by molar-refractivity contribution is -0.140. The van der Waals surface area contributed by atoms with E-state index in [-0.39, 0.29) is 17.6 Å². The van der Waals surface area contributed by atoms with Crippen LogP contribution in [-0.2, 0) is 24.0 Å². The molecule has 0 saturated heterocycles. The summed E-state index contributed by atoms with van der Waals surface area (Å²) in [6, 6.07) is 7.09. The Morgan fingerprint density at radius 1 is 1.05 bits per heavy atom. The van der Waals surface area contributed by atoms with Crippen molar-refractivity contribution in [3.8, 4) is 28.7 Å². The average molecular weight is 581 g/mol.